The number of Topliss-reactive ketones (excluding diaryl/α,β-unsaturated/α-hetero) is 1. The summed E-state index contributed by atoms with van der Waals surface area (Å²) in [5, 5.41) is 5.75. The summed E-state index contributed by atoms with van der Waals surface area (Å²) in [6.07, 6.45) is 5.68. The maximum absolute atomic E-state index is 12.8. The molecule has 0 spiro atoms. The summed E-state index contributed by atoms with van der Waals surface area (Å²) in [5.41, 5.74) is 0.0742. The first kappa shape index (κ1) is 18.9. The average molecular weight is 411 g/mol. The van der Waals surface area contributed by atoms with Crippen molar-refractivity contribution in [3.63, 3.8) is 0 Å². The highest BCUT2D eigenvalue weighted by Gasteiger charge is 2.32. The number of aryl methyl sites for hydroxylation is 1. The predicted molar refractivity (Wildman–Crippen MR) is 103 cm³/mol. The second kappa shape index (κ2) is 7.05. The number of oxime groups is 1. The monoisotopic (exact) mass is 410 g/mol. The Bertz CT molecular complexity index is 978. The number of fused-ring (bicyclic) bond motifs is 1. The van der Waals surface area contributed by atoms with Crippen LogP contribution in [0.2, 0.25) is 0 Å². The summed E-state index contributed by atoms with van der Waals surface area (Å²) in [6, 6.07) is 3.03. The lowest BCUT2D eigenvalue weighted by Crippen LogP contribution is -2.30. The van der Waals surface area contributed by atoms with Crippen LogP contribution in [0.5, 0.6) is 0 Å². The number of carbonyl (C=O) groups is 1. The topological polar surface area (TPSA) is 85.7 Å². The smallest absolute Gasteiger partial charge is 0.292 e. The van der Waals surface area contributed by atoms with Crippen LogP contribution in [0.1, 0.15) is 42.8 Å². The van der Waals surface area contributed by atoms with Crippen molar-refractivity contribution in [2.45, 2.75) is 37.8 Å². The minimum Gasteiger partial charge on any atom is -0.292 e. The molecule has 2 aromatic rings. The van der Waals surface area contributed by atoms with Gasteiger partial charge >= 0.3 is 10.1 Å². The van der Waals surface area contributed by atoms with Crippen molar-refractivity contribution in [2.75, 3.05) is 0 Å². The lowest BCUT2D eigenvalue weighted by molar-refractivity contribution is -0.119. The molecule has 1 aliphatic rings. The third kappa shape index (κ3) is 3.94. The summed E-state index contributed by atoms with van der Waals surface area (Å²) in [5.74, 6) is -0.325. The fourth-order valence-electron chi connectivity index (χ4n) is 2.25. The zero-order valence-electron chi connectivity index (χ0n) is 14.6. The van der Waals surface area contributed by atoms with Crippen molar-refractivity contribution < 1.29 is 17.5 Å². The highest BCUT2D eigenvalue weighted by Crippen LogP contribution is 2.28. The number of allylic oxidation sites excluding steroid dienone is 1. The maximum Gasteiger partial charge on any atom is 0.368 e. The van der Waals surface area contributed by atoms with E-state index < -0.39 is 15.5 Å². The molecular formula is C17H18N2O4S3. The van der Waals surface area contributed by atoms with Gasteiger partial charge in [0.2, 0.25) is 0 Å². The van der Waals surface area contributed by atoms with E-state index in [-0.39, 0.29) is 15.7 Å². The van der Waals surface area contributed by atoms with Crippen LogP contribution in [0.4, 0.5) is 0 Å². The number of hydrogen-bond acceptors (Lipinski definition) is 8. The van der Waals surface area contributed by atoms with Crippen LogP contribution in [-0.2, 0) is 25.6 Å². The standard InChI is InChI=1S/C17H18N2O4S3/c1-17(2,3)15(20)14(16-18-11-7-4-5-8-12(11)25-16)19-23-26(21,22)13-9-6-10-24-13/h5-6,8-10H,4,7H2,1-3H3/b19-14+. The summed E-state index contributed by atoms with van der Waals surface area (Å²) in [6.45, 7) is 5.23. The van der Waals surface area contributed by atoms with Gasteiger partial charge in [0.05, 0.1) is 10.6 Å². The van der Waals surface area contributed by atoms with Crippen LogP contribution in [-0.4, -0.2) is 24.9 Å². The number of thiophene rings is 1. The van der Waals surface area contributed by atoms with Gasteiger partial charge in [-0.2, -0.15) is 8.42 Å². The molecule has 0 aliphatic heterocycles. The molecule has 0 N–H and O–H groups in total. The Morgan fingerprint density at radius 2 is 2.12 bits per heavy atom. The Kier molecular flexibility index (Phi) is 5.14. The van der Waals surface area contributed by atoms with Crippen molar-refractivity contribution in [3.05, 3.63) is 39.2 Å². The van der Waals surface area contributed by atoms with E-state index in [1.165, 1.54) is 17.4 Å². The molecule has 2 heterocycles. The van der Waals surface area contributed by atoms with E-state index in [9.17, 15) is 13.2 Å². The molecule has 0 amide bonds. The molecule has 0 unspecified atom stereocenters. The SMILES string of the molecule is CC(C)(C)C(=O)/C(=N\OS(=O)(=O)c1cccs1)c1nc2c(s1)C=CCC2. The van der Waals surface area contributed by atoms with Crippen LogP contribution in [0.15, 0.2) is 33.0 Å². The van der Waals surface area contributed by atoms with Gasteiger partial charge in [0.25, 0.3) is 0 Å². The molecule has 0 saturated heterocycles. The molecule has 3 rings (SSSR count). The zero-order chi connectivity index (χ0) is 18.9. The van der Waals surface area contributed by atoms with Crippen LogP contribution < -0.4 is 0 Å². The maximum atomic E-state index is 12.8. The highest BCUT2D eigenvalue weighted by atomic mass is 32.3. The Morgan fingerprint density at radius 3 is 2.73 bits per heavy atom. The number of nitrogens with zero attached hydrogens (tertiary/aromatic N) is 2. The number of hydrogen-bond donors (Lipinski definition) is 0. The molecule has 0 saturated carbocycles. The van der Waals surface area contributed by atoms with E-state index in [2.05, 4.69) is 10.1 Å². The zero-order valence-corrected chi connectivity index (χ0v) is 17.0. The minimum absolute atomic E-state index is 0.0326. The van der Waals surface area contributed by atoms with Crippen molar-refractivity contribution >= 4 is 50.4 Å². The summed E-state index contributed by atoms with van der Waals surface area (Å²) in [7, 11) is -4.06. The van der Waals surface area contributed by atoms with Crippen molar-refractivity contribution in [1.29, 1.82) is 0 Å². The fourth-order valence-corrected chi connectivity index (χ4v) is 4.94. The van der Waals surface area contributed by atoms with Gasteiger partial charge in [-0.25, -0.2) is 4.98 Å². The molecule has 1 aliphatic carbocycles. The van der Waals surface area contributed by atoms with E-state index in [4.69, 9.17) is 4.28 Å². The average Bonchev–Trinajstić information content (AvgIpc) is 3.23. The van der Waals surface area contributed by atoms with Crippen LogP contribution in [0.3, 0.4) is 0 Å². The molecule has 138 valence electrons. The summed E-state index contributed by atoms with van der Waals surface area (Å²) in [4.78, 5) is 18.3. The number of ketones is 1. The van der Waals surface area contributed by atoms with Crippen LogP contribution in [0, 0.1) is 5.41 Å². The molecule has 0 bridgehead atoms. The van der Waals surface area contributed by atoms with Crippen molar-refractivity contribution in [2.24, 2.45) is 10.6 Å². The van der Waals surface area contributed by atoms with E-state index in [0.717, 1.165) is 34.7 Å². The molecule has 2 aromatic heterocycles. The molecule has 0 aromatic carbocycles. The highest BCUT2D eigenvalue weighted by molar-refractivity contribution is 7.88. The summed E-state index contributed by atoms with van der Waals surface area (Å²) < 4.78 is 29.3. The molecule has 26 heavy (non-hydrogen) atoms. The second-order valence-electron chi connectivity index (χ2n) is 6.75. The van der Waals surface area contributed by atoms with Gasteiger partial charge in [-0.1, -0.05) is 38.1 Å². The Hall–Kier alpha value is -1.84. The normalized spacial score (nSPS) is 15.0. The number of aromatic nitrogens is 1. The molecule has 0 atom stereocenters. The third-order valence-corrected chi connectivity index (χ3v) is 7.14. The van der Waals surface area contributed by atoms with Gasteiger partial charge in [-0.15, -0.1) is 22.7 Å². The quantitative estimate of drug-likeness (QED) is 0.551. The van der Waals surface area contributed by atoms with E-state index >= 15 is 0 Å². The first-order chi connectivity index (χ1) is 12.2. The minimum atomic E-state index is -4.06. The number of carbonyl (C=O) groups excluding carboxylic acids is 1. The van der Waals surface area contributed by atoms with Gasteiger partial charge in [0, 0.05) is 5.41 Å². The van der Waals surface area contributed by atoms with Crippen LogP contribution >= 0.6 is 22.7 Å². The molecule has 0 radical (unpaired) electrons. The largest absolute Gasteiger partial charge is 0.368 e. The third-order valence-electron chi connectivity index (χ3n) is 3.61. The second-order valence-corrected chi connectivity index (χ2v) is 10.5. The van der Waals surface area contributed by atoms with E-state index in [1.807, 2.05) is 12.2 Å². The van der Waals surface area contributed by atoms with Gasteiger partial charge in [0.15, 0.2) is 15.7 Å². The lowest BCUT2D eigenvalue weighted by atomic mass is 9.88. The molecule has 6 nitrogen and oxygen atoms in total. The number of thiazole rings is 1. The Balaban J connectivity index is 2.00. The first-order valence-corrected chi connectivity index (χ1v) is 11.1. The van der Waals surface area contributed by atoms with E-state index in [0.29, 0.717) is 5.01 Å². The van der Waals surface area contributed by atoms with Crippen molar-refractivity contribution in [3.8, 4) is 0 Å². The Labute approximate surface area is 160 Å². The van der Waals surface area contributed by atoms with Gasteiger partial charge in [-0.3, -0.25) is 9.08 Å². The Morgan fingerprint density at radius 1 is 1.35 bits per heavy atom. The summed E-state index contributed by atoms with van der Waals surface area (Å²) >= 11 is 2.34. The lowest BCUT2D eigenvalue weighted by Gasteiger charge is -2.16. The molecule has 9 heteroatoms. The van der Waals surface area contributed by atoms with Gasteiger partial charge < -0.3 is 0 Å². The fraction of sp³-hybridized carbons (Fsp3) is 0.353. The van der Waals surface area contributed by atoms with Gasteiger partial charge in [0.1, 0.15) is 5.01 Å². The van der Waals surface area contributed by atoms with Crippen molar-refractivity contribution in [1.82, 2.24) is 4.98 Å². The van der Waals surface area contributed by atoms with E-state index in [1.54, 1.807) is 32.2 Å². The predicted octanol–water partition coefficient (Wildman–Crippen LogP) is 3.89. The number of rotatable bonds is 5. The first-order valence-electron chi connectivity index (χ1n) is 7.95. The molecule has 0 fully saturated rings. The van der Waals surface area contributed by atoms with Gasteiger partial charge in [-0.05, 0) is 30.4 Å². The molecular weight excluding hydrogens is 392 g/mol. The van der Waals surface area contributed by atoms with Crippen LogP contribution in [0.25, 0.3) is 6.08 Å².